The van der Waals surface area contributed by atoms with E-state index in [1.165, 1.54) is 0 Å². The number of hydrogen-bond acceptors (Lipinski definition) is 7. The third kappa shape index (κ3) is 13.5. The molecule has 3 rings (SSSR count). The topological polar surface area (TPSA) is 158 Å². The number of hydrogen-bond donors (Lipinski definition) is 5. The van der Waals surface area contributed by atoms with Crippen molar-refractivity contribution >= 4 is 29.5 Å². The number of amides is 5. The molecule has 12 heteroatoms. The zero-order chi connectivity index (χ0) is 34.2. The van der Waals surface area contributed by atoms with Crippen LogP contribution in [0.15, 0.2) is 54.6 Å². The van der Waals surface area contributed by atoms with Crippen molar-refractivity contribution in [2.45, 2.75) is 71.6 Å². The standard InChI is InChI=1S/C35H50N6O6/c1-5-31(42)36-22-30(38-32(43)23-41-15-17-47-18-16-41)35(46)39-28(19-24(2)3)34(45)40-29(20-26-9-7-6-8-10-26)33(44)37-21-27-13-11-25(4)12-14-27/h6-14,24,28-30H,5,15-23H2,1-4H3,(H,36,42)(H,37,44)(H,38,43)(H,39,46)(H,40,45)/t28-,29-,30-/m0/s1. The normalized spacial score (nSPS) is 15.2. The van der Waals surface area contributed by atoms with Crippen LogP contribution in [0.25, 0.3) is 0 Å². The maximum atomic E-state index is 13.8. The van der Waals surface area contributed by atoms with Gasteiger partial charge in [0.25, 0.3) is 0 Å². The minimum atomic E-state index is -1.11. The molecular formula is C35H50N6O6. The van der Waals surface area contributed by atoms with Gasteiger partial charge in [0, 0.05) is 39.0 Å². The van der Waals surface area contributed by atoms with E-state index in [9.17, 15) is 24.0 Å². The first kappa shape index (κ1) is 37.2. The molecule has 1 fully saturated rings. The summed E-state index contributed by atoms with van der Waals surface area (Å²) in [5.41, 5.74) is 2.90. The molecule has 256 valence electrons. The van der Waals surface area contributed by atoms with Crippen LogP contribution in [-0.4, -0.2) is 92.0 Å². The summed E-state index contributed by atoms with van der Waals surface area (Å²) in [6.07, 6.45) is 0.748. The van der Waals surface area contributed by atoms with Crippen LogP contribution in [0.1, 0.15) is 50.3 Å². The monoisotopic (exact) mass is 650 g/mol. The molecule has 5 amide bonds. The molecule has 2 aromatic carbocycles. The summed E-state index contributed by atoms with van der Waals surface area (Å²) in [4.78, 5) is 67.7. The molecule has 1 saturated heterocycles. The van der Waals surface area contributed by atoms with E-state index in [1.54, 1.807) is 6.92 Å². The lowest BCUT2D eigenvalue weighted by atomic mass is 10.0. The molecule has 12 nitrogen and oxygen atoms in total. The van der Waals surface area contributed by atoms with Crippen LogP contribution in [0.5, 0.6) is 0 Å². The van der Waals surface area contributed by atoms with Gasteiger partial charge < -0.3 is 31.3 Å². The first-order valence-corrected chi connectivity index (χ1v) is 16.4. The summed E-state index contributed by atoms with van der Waals surface area (Å²) >= 11 is 0. The van der Waals surface area contributed by atoms with Gasteiger partial charge in [-0.2, -0.15) is 0 Å². The Bertz CT molecular complexity index is 1310. The quantitative estimate of drug-likeness (QED) is 0.172. The SMILES string of the molecule is CCC(=O)NC[C@H](NC(=O)CN1CCOCC1)C(=O)N[C@@H](CC(C)C)C(=O)N[C@@H](Cc1ccccc1)C(=O)NCc1ccc(C)cc1. The van der Waals surface area contributed by atoms with E-state index >= 15 is 0 Å². The predicted molar refractivity (Wildman–Crippen MR) is 179 cm³/mol. The van der Waals surface area contributed by atoms with E-state index in [4.69, 9.17) is 4.74 Å². The van der Waals surface area contributed by atoms with Gasteiger partial charge in [0.2, 0.25) is 29.5 Å². The number of carbonyl (C=O) groups excluding carboxylic acids is 5. The van der Waals surface area contributed by atoms with Crippen LogP contribution in [0.2, 0.25) is 0 Å². The molecule has 1 heterocycles. The summed E-state index contributed by atoms with van der Waals surface area (Å²) < 4.78 is 5.34. The average Bonchev–Trinajstić information content (AvgIpc) is 3.06. The Kier molecular flexibility index (Phi) is 15.3. The summed E-state index contributed by atoms with van der Waals surface area (Å²) in [5.74, 6) is -2.12. The number of benzene rings is 2. The smallest absolute Gasteiger partial charge is 0.245 e. The highest BCUT2D eigenvalue weighted by Gasteiger charge is 2.31. The highest BCUT2D eigenvalue weighted by Crippen LogP contribution is 2.10. The van der Waals surface area contributed by atoms with Crippen LogP contribution < -0.4 is 26.6 Å². The zero-order valence-electron chi connectivity index (χ0n) is 28.0. The van der Waals surface area contributed by atoms with Crippen LogP contribution in [-0.2, 0) is 41.7 Å². The van der Waals surface area contributed by atoms with Crippen molar-refractivity contribution in [3.05, 3.63) is 71.3 Å². The molecule has 1 aliphatic heterocycles. The fraction of sp³-hybridized carbons (Fsp3) is 0.514. The summed E-state index contributed by atoms with van der Waals surface area (Å²) in [5, 5.41) is 14.0. The summed E-state index contributed by atoms with van der Waals surface area (Å²) in [6.45, 7) is 9.97. The number of aryl methyl sites for hydroxylation is 1. The van der Waals surface area contributed by atoms with Gasteiger partial charge in [-0.05, 0) is 30.4 Å². The molecule has 3 atom stereocenters. The lowest BCUT2D eigenvalue weighted by molar-refractivity contribution is -0.134. The fourth-order valence-corrected chi connectivity index (χ4v) is 5.08. The third-order valence-corrected chi connectivity index (χ3v) is 7.79. The lowest BCUT2D eigenvalue weighted by Gasteiger charge is -2.28. The molecule has 1 aliphatic rings. The van der Waals surface area contributed by atoms with Gasteiger partial charge in [0.05, 0.1) is 19.8 Å². The highest BCUT2D eigenvalue weighted by atomic mass is 16.5. The molecule has 0 spiro atoms. The number of nitrogens with zero attached hydrogens (tertiary/aromatic N) is 1. The Hall–Kier alpha value is -4.29. The second-order valence-corrected chi connectivity index (χ2v) is 12.3. The molecule has 2 aromatic rings. The van der Waals surface area contributed by atoms with Gasteiger partial charge >= 0.3 is 0 Å². The Morgan fingerprint density at radius 3 is 2.02 bits per heavy atom. The Morgan fingerprint density at radius 2 is 1.38 bits per heavy atom. The van der Waals surface area contributed by atoms with E-state index in [0.717, 1.165) is 16.7 Å². The van der Waals surface area contributed by atoms with Crippen molar-refractivity contribution < 1.29 is 28.7 Å². The van der Waals surface area contributed by atoms with Gasteiger partial charge in [-0.15, -0.1) is 0 Å². The van der Waals surface area contributed by atoms with E-state index in [0.29, 0.717) is 32.8 Å². The number of carbonyl (C=O) groups is 5. The molecular weight excluding hydrogens is 600 g/mol. The second kappa shape index (κ2) is 19.4. The van der Waals surface area contributed by atoms with E-state index in [-0.39, 0.29) is 56.0 Å². The zero-order valence-corrected chi connectivity index (χ0v) is 28.0. The highest BCUT2D eigenvalue weighted by molar-refractivity contribution is 5.95. The number of morpholine rings is 1. The van der Waals surface area contributed by atoms with Crippen molar-refractivity contribution in [2.24, 2.45) is 5.92 Å². The molecule has 0 aromatic heterocycles. The molecule has 47 heavy (non-hydrogen) atoms. The van der Waals surface area contributed by atoms with Gasteiger partial charge in [0.15, 0.2) is 0 Å². The number of nitrogens with one attached hydrogen (secondary N) is 5. The van der Waals surface area contributed by atoms with Gasteiger partial charge in [0.1, 0.15) is 18.1 Å². The van der Waals surface area contributed by atoms with Crippen molar-refractivity contribution in [1.82, 2.24) is 31.5 Å². The number of ether oxygens (including phenoxy) is 1. The van der Waals surface area contributed by atoms with Gasteiger partial charge in [-0.25, -0.2) is 0 Å². The molecule has 0 radical (unpaired) electrons. The molecule has 0 bridgehead atoms. The first-order chi connectivity index (χ1) is 22.5. The Labute approximate surface area is 277 Å². The predicted octanol–water partition coefficient (Wildman–Crippen LogP) is 1.21. The van der Waals surface area contributed by atoms with E-state index in [1.807, 2.05) is 80.3 Å². The minimum absolute atomic E-state index is 0.0168. The Morgan fingerprint density at radius 1 is 0.745 bits per heavy atom. The lowest BCUT2D eigenvalue weighted by Crippen LogP contribution is -2.59. The third-order valence-electron chi connectivity index (χ3n) is 7.79. The van der Waals surface area contributed by atoms with Crippen molar-refractivity contribution in [2.75, 3.05) is 39.4 Å². The average molecular weight is 651 g/mol. The summed E-state index contributed by atoms with van der Waals surface area (Å²) in [6, 6.07) is 14.2. The molecule has 0 saturated carbocycles. The van der Waals surface area contributed by atoms with Crippen LogP contribution in [0.3, 0.4) is 0 Å². The minimum Gasteiger partial charge on any atom is -0.379 e. The van der Waals surface area contributed by atoms with Gasteiger partial charge in [-0.1, -0.05) is 80.9 Å². The van der Waals surface area contributed by atoms with Crippen LogP contribution in [0.4, 0.5) is 0 Å². The van der Waals surface area contributed by atoms with Crippen molar-refractivity contribution in [3.63, 3.8) is 0 Å². The van der Waals surface area contributed by atoms with Crippen LogP contribution >= 0.6 is 0 Å². The van der Waals surface area contributed by atoms with Crippen LogP contribution in [0, 0.1) is 12.8 Å². The maximum Gasteiger partial charge on any atom is 0.245 e. The molecule has 0 aliphatic carbocycles. The Balaban J connectivity index is 1.73. The maximum absolute atomic E-state index is 13.8. The van der Waals surface area contributed by atoms with Crippen molar-refractivity contribution in [1.29, 1.82) is 0 Å². The fourth-order valence-electron chi connectivity index (χ4n) is 5.08. The first-order valence-electron chi connectivity index (χ1n) is 16.4. The second-order valence-electron chi connectivity index (χ2n) is 12.3. The molecule has 5 N–H and O–H groups in total. The van der Waals surface area contributed by atoms with Crippen molar-refractivity contribution in [3.8, 4) is 0 Å². The summed E-state index contributed by atoms with van der Waals surface area (Å²) in [7, 11) is 0. The largest absolute Gasteiger partial charge is 0.379 e. The number of rotatable bonds is 17. The van der Waals surface area contributed by atoms with E-state index in [2.05, 4.69) is 26.6 Å². The molecule has 0 unspecified atom stereocenters. The van der Waals surface area contributed by atoms with Gasteiger partial charge in [-0.3, -0.25) is 28.9 Å². The van der Waals surface area contributed by atoms with E-state index < -0.39 is 29.9 Å².